The zero-order chi connectivity index (χ0) is 13.6. The number of carbonyl (C=O) groups is 2. The molecule has 5 heteroatoms. The Kier molecular flexibility index (Phi) is 6.53. The zero-order valence-electron chi connectivity index (χ0n) is 11.2. The molecule has 4 nitrogen and oxygen atoms in total. The molecule has 0 rings (SSSR count). The lowest BCUT2D eigenvalue weighted by atomic mass is 10.0. The highest BCUT2D eigenvalue weighted by Gasteiger charge is 2.24. The summed E-state index contributed by atoms with van der Waals surface area (Å²) in [5, 5.41) is 2.56. The molecule has 0 aromatic rings. The van der Waals surface area contributed by atoms with Crippen molar-refractivity contribution in [3.05, 3.63) is 0 Å². The fraction of sp³-hybridized carbons (Fsp3) is 0.833. The minimum absolute atomic E-state index is 0.104. The minimum atomic E-state index is -0.582. The number of amides is 1. The molecule has 0 aliphatic carbocycles. The third-order valence-corrected chi connectivity index (χ3v) is 2.18. The Labute approximate surface area is 108 Å². The molecule has 0 aromatic heterocycles. The highest BCUT2D eigenvalue weighted by molar-refractivity contribution is 6.28. The van der Waals surface area contributed by atoms with E-state index in [0.29, 0.717) is 12.3 Å². The number of Topliss-reactive ketones (excluding diaryl/α,β-unsaturated/α-hetero) is 1. The van der Waals surface area contributed by atoms with Gasteiger partial charge in [0.05, 0.1) is 11.9 Å². The molecule has 1 amide bonds. The van der Waals surface area contributed by atoms with Crippen molar-refractivity contribution in [3.63, 3.8) is 0 Å². The smallest absolute Gasteiger partial charge is 0.408 e. The van der Waals surface area contributed by atoms with Crippen LogP contribution in [0.3, 0.4) is 0 Å². The topological polar surface area (TPSA) is 55.4 Å². The largest absolute Gasteiger partial charge is 0.444 e. The van der Waals surface area contributed by atoms with Crippen LogP contribution >= 0.6 is 11.6 Å². The second-order valence-electron chi connectivity index (χ2n) is 5.43. The number of ketones is 1. The number of hydrogen-bond acceptors (Lipinski definition) is 3. The summed E-state index contributed by atoms with van der Waals surface area (Å²) in [5.41, 5.74) is -0.573. The van der Waals surface area contributed by atoms with E-state index in [4.69, 9.17) is 16.3 Å². The molecule has 0 spiro atoms. The van der Waals surface area contributed by atoms with E-state index < -0.39 is 17.7 Å². The Morgan fingerprint density at radius 2 is 1.82 bits per heavy atom. The third kappa shape index (κ3) is 8.02. The fourth-order valence-corrected chi connectivity index (χ4v) is 1.47. The molecule has 17 heavy (non-hydrogen) atoms. The van der Waals surface area contributed by atoms with Crippen molar-refractivity contribution in [2.24, 2.45) is 5.92 Å². The lowest BCUT2D eigenvalue weighted by Gasteiger charge is -2.23. The zero-order valence-corrected chi connectivity index (χ0v) is 11.9. The number of hydrogen-bond donors (Lipinski definition) is 1. The monoisotopic (exact) mass is 263 g/mol. The lowest BCUT2D eigenvalue weighted by molar-refractivity contribution is -0.119. The first-order valence-corrected chi connectivity index (χ1v) is 6.27. The van der Waals surface area contributed by atoms with Crippen molar-refractivity contribution < 1.29 is 14.3 Å². The van der Waals surface area contributed by atoms with Crippen molar-refractivity contribution in [3.8, 4) is 0 Å². The van der Waals surface area contributed by atoms with E-state index in [0.717, 1.165) is 0 Å². The molecule has 0 heterocycles. The van der Waals surface area contributed by atoms with Crippen molar-refractivity contribution in [2.45, 2.75) is 52.7 Å². The van der Waals surface area contributed by atoms with Gasteiger partial charge in [-0.05, 0) is 33.1 Å². The standard InChI is InChI=1S/C12H22ClNO3/c1-8(2)6-9(10(15)7-13)14-11(16)17-12(3,4)5/h8-9H,6-7H2,1-5H3,(H,14,16)/t9-/m1/s1. The number of alkyl carbamates (subject to hydrolysis) is 1. The van der Waals surface area contributed by atoms with E-state index in [-0.39, 0.29) is 11.7 Å². The molecule has 0 radical (unpaired) electrons. The SMILES string of the molecule is CC(C)C[C@@H](NC(=O)OC(C)(C)C)C(=O)CCl. The van der Waals surface area contributed by atoms with Gasteiger partial charge >= 0.3 is 6.09 Å². The van der Waals surface area contributed by atoms with Gasteiger partial charge in [0.15, 0.2) is 5.78 Å². The van der Waals surface area contributed by atoms with Gasteiger partial charge < -0.3 is 10.1 Å². The molecule has 100 valence electrons. The average Bonchev–Trinajstić information content (AvgIpc) is 2.11. The summed E-state index contributed by atoms with van der Waals surface area (Å²) in [4.78, 5) is 23.1. The molecule has 0 saturated carbocycles. The van der Waals surface area contributed by atoms with E-state index >= 15 is 0 Å². The van der Waals surface area contributed by atoms with Crippen molar-refractivity contribution in [1.82, 2.24) is 5.32 Å². The molecule has 0 aromatic carbocycles. The number of alkyl halides is 1. The fourth-order valence-electron chi connectivity index (χ4n) is 1.29. The number of nitrogens with one attached hydrogen (secondary N) is 1. The second-order valence-corrected chi connectivity index (χ2v) is 5.70. The highest BCUT2D eigenvalue weighted by atomic mass is 35.5. The van der Waals surface area contributed by atoms with Crippen LogP contribution < -0.4 is 5.32 Å². The van der Waals surface area contributed by atoms with Crippen LogP contribution in [0, 0.1) is 5.92 Å². The molecule has 0 fully saturated rings. The van der Waals surface area contributed by atoms with Gasteiger partial charge in [0.1, 0.15) is 5.60 Å². The van der Waals surface area contributed by atoms with Gasteiger partial charge in [0.2, 0.25) is 0 Å². The van der Waals surface area contributed by atoms with E-state index in [1.165, 1.54) is 0 Å². The summed E-state index contributed by atoms with van der Waals surface area (Å²) >= 11 is 5.51. The van der Waals surface area contributed by atoms with Gasteiger partial charge in [-0.1, -0.05) is 13.8 Å². The molecule has 0 bridgehead atoms. The first-order chi connectivity index (χ1) is 7.65. The second kappa shape index (κ2) is 6.84. The summed E-state index contributed by atoms with van der Waals surface area (Å²) in [6.07, 6.45) is -0.0215. The Bertz CT molecular complexity index is 271. The first kappa shape index (κ1) is 16.2. The Hall–Kier alpha value is -0.770. The van der Waals surface area contributed by atoms with Crippen LogP contribution in [-0.2, 0) is 9.53 Å². The van der Waals surface area contributed by atoms with E-state index in [2.05, 4.69) is 5.32 Å². The summed E-state index contributed by atoms with van der Waals surface area (Å²) in [5.74, 6) is 0.000951. The quantitative estimate of drug-likeness (QED) is 0.776. The number of ether oxygens (including phenoxy) is 1. The van der Waals surface area contributed by atoms with Crippen LogP contribution in [-0.4, -0.2) is 29.4 Å². The Morgan fingerprint density at radius 1 is 1.29 bits per heavy atom. The van der Waals surface area contributed by atoms with Crippen LogP contribution in [0.25, 0.3) is 0 Å². The van der Waals surface area contributed by atoms with Gasteiger partial charge in [-0.3, -0.25) is 4.79 Å². The molecule has 0 saturated heterocycles. The number of rotatable bonds is 5. The molecule has 1 N–H and O–H groups in total. The van der Waals surface area contributed by atoms with Gasteiger partial charge in [0, 0.05) is 0 Å². The van der Waals surface area contributed by atoms with Crippen molar-refractivity contribution in [2.75, 3.05) is 5.88 Å². The molecule has 1 atom stereocenters. The summed E-state index contributed by atoms with van der Waals surface area (Å²) in [7, 11) is 0. The average molecular weight is 264 g/mol. The van der Waals surface area contributed by atoms with E-state index in [9.17, 15) is 9.59 Å². The molecular weight excluding hydrogens is 242 g/mol. The van der Waals surface area contributed by atoms with E-state index in [1.807, 2.05) is 13.8 Å². The number of carbonyl (C=O) groups excluding carboxylic acids is 2. The summed E-state index contributed by atoms with van der Waals surface area (Å²) < 4.78 is 5.10. The summed E-state index contributed by atoms with van der Waals surface area (Å²) in [6.45, 7) is 9.27. The first-order valence-electron chi connectivity index (χ1n) is 5.74. The third-order valence-electron chi connectivity index (χ3n) is 1.92. The minimum Gasteiger partial charge on any atom is -0.444 e. The van der Waals surface area contributed by atoms with Crippen LogP contribution in [0.5, 0.6) is 0 Å². The maximum Gasteiger partial charge on any atom is 0.408 e. The normalized spacial score (nSPS) is 13.4. The predicted octanol–water partition coefficient (Wildman–Crippen LogP) is 2.73. The van der Waals surface area contributed by atoms with Crippen molar-refractivity contribution >= 4 is 23.5 Å². The Balaban J connectivity index is 4.43. The molecule has 0 unspecified atom stereocenters. The van der Waals surface area contributed by atoms with Gasteiger partial charge in [0.25, 0.3) is 0 Å². The Morgan fingerprint density at radius 3 is 2.18 bits per heavy atom. The van der Waals surface area contributed by atoms with Crippen LogP contribution in [0.1, 0.15) is 41.0 Å². The van der Waals surface area contributed by atoms with E-state index in [1.54, 1.807) is 20.8 Å². The summed E-state index contributed by atoms with van der Waals surface area (Å²) in [6, 6.07) is -0.567. The molecule has 0 aliphatic rings. The predicted molar refractivity (Wildman–Crippen MR) is 68.3 cm³/mol. The maximum absolute atomic E-state index is 11.5. The van der Waals surface area contributed by atoms with Gasteiger partial charge in [-0.2, -0.15) is 0 Å². The van der Waals surface area contributed by atoms with Crippen LogP contribution in [0.4, 0.5) is 4.79 Å². The van der Waals surface area contributed by atoms with Crippen LogP contribution in [0.2, 0.25) is 0 Å². The lowest BCUT2D eigenvalue weighted by Crippen LogP contribution is -2.44. The molecule has 0 aliphatic heterocycles. The van der Waals surface area contributed by atoms with Crippen LogP contribution in [0.15, 0.2) is 0 Å². The number of halogens is 1. The van der Waals surface area contributed by atoms with Gasteiger partial charge in [-0.15, -0.1) is 11.6 Å². The van der Waals surface area contributed by atoms with Crippen molar-refractivity contribution in [1.29, 1.82) is 0 Å². The maximum atomic E-state index is 11.5. The highest BCUT2D eigenvalue weighted by Crippen LogP contribution is 2.10. The van der Waals surface area contributed by atoms with Gasteiger partial charge in [-0.25, -0.2) is 4.79 Å². The molecular formula is C12H22ClNO3.